The van der Waals surface area contributed by atoms with Gasteiger partial charge in [0, 0.05) is 18.8 Å². The molecule has 0 atom stereocenters. The monoisotopic (exact) mass is 312 g/mol. The van der Waals surface area contributed by atoms with Gasteiger partial charge in [-0.1, -0.05) is 26.0 Å². The van der Waals surface area contributed by atoms with Crippen LogP contribution in [-0.4, -0.2) is 33.9 Å². The first kappa shape index (κ1) is 16.9. The smallest absolute Gasteiger partial charge is 0.274 e. The van der Waals surface area contributed by atoms with E-state index >= 15 is 0 Å². The zero-order chi connectivity index (χ0) is 16.7. The summed E-state index contributed by atoms with van der Waals surface area (Å²) in [5.41, 5.74) is 2.52. The van der Waals surface area contributed by atoms with Crippen molar-refractivity contribution in [2.45, 2.75) is 33.6 Å². The van der Waals surface area contributed by atoms with Crippen LogP contribution in [0.4, 0.5) is 11.5 Å². The zero-order valence-electron chi connectivity index (χ0n) is 14.0. The molecule has 1 aromatic heterocycles. The Morgan fingerprint density at radius 3 is 2.43 bits per heavy atom. The lowest BCUT2D eigenvalue weighted by molar-refractivity contribution is 0.0749. The molecule has 1 heterocycles. The van der Waals surface area contributed by atoms with Gasteiger partial charge in [0.1, 0.15) is 11.5 Å². The quantitative estimate of drug-likeness (QED) is 0.845. The molecule has 2 aromatic rings. The molecule has 0 bridgehead atoms. The maximum absolute atomic E-state index is 12.4. The van der Waals surface area contributed by atoms with Gasteiger partial charge in [-0.25, -0.2) is 9.97 Å². The lowest BCUT2D eigenvalue weighted by Gasteiger charge is -2.20. The van der Waals surface area contributed by atoms with Crippen molar-refractivity contribution in [2.24, 2.45) is 0 Å². The maximum atomic E-state index is 12.4. The number of carbonyl (C=O) groups excluding carboxylic acids is 1. The summed E-state index contributed by atoms with van der Waals surface area (Å²) in [5.74, 6) is 0.577. The molecule has 122 valence electrons. The summed E-state index contributed by atoms with van der Waals surface area (Å²) in [6.45, 7) is 7.66. The predicted octanol–water partition coefficient (Wildman–Crippen LogP) is 3.79. The standard InChI is InChI=1S/C18H24N4O/c1-4-9-22(10-5-2)18(23)16-12-20-17(13-19-16)21-15-8-6-7-14(3)11-15/h6-8,11-13H,4-5,9-10H2,1-3H3,(H,20,21). The Morgan fingerprint density at radius 2 is 1.87 bits per heavy atom. The van der Waals surface area contributed by atoms with Crippen LogP contribution in [0, 0.1) is 6.92 Å². The highest BCUT2D eigenvalue weighted by Crippen LogP contribution is 2.15. The molecule has 1 aromatic carbocycles. The zero-order valence-corrected chi connectivity index (χ0v) is 14.0. The Kier molecular flexibility index (Phi) is 6.09. The summed E-state index contributed by atoms with van der Waals surface area (Å²) in [6, 6.07) is 8.02. The number of hydrogen-bond donors (Lipinski definition) is 1. The number of nitrogens with one attached hydrogen (secondary N) is 1. The van der Waals surface area contributed by atoms with Crippen LogP contribution in [0.25, 0.3) is 0 Å². The number of nitrogens with zero attached hydrogens (tertiary/aromatic N) is 3. The highest BCUT2D eigenvalue weighted by molar-refractivity contribution is 5.92. The van der Waals surface area contributed by atoms with Crippen LogP contribution in [0.15, 0.2) is 36.7 Å². The van der Waals surface area contributed by atoms with E-state index in [-0.39, 0.29) is 5.91 Å². The second-order valence-corrected chi connectivity index (χ2v) is 5.57. The van der Waals surface area contributed by atoms with E-state index in [9.17, 15) is 4.79 Å². The molecule has 0 unspecified atom stereocenters. The third-order valence-corrected chi connectivity index (χ3v) is 3.44. The van der Waals surface area contributed by atoms with E-state index in [0.717, 1.165) is 31.6 Å². The number of aromatic nitrogens is 2. The molecule has 0 saturated carbocycles. The second-order valence-electron chi connectivity index (χ2n) is 5.57. The predicted molar refractivity (Wildman–Crippen MR) is 93.0 cm³/mol. The highest BCUT2D eigenvalue weighted by Gasteiger charge is 2.15. The molecule has 1 N–H and O–H groups in total. The number of aryl methyl sites for hydroxylation is 1. The van der Waals surface area contributed by atoms with Gasteiger partial charge in [0.2, 0.25) is 0 Å². The fourth-order valence-corrected chi connectivity index (χ4v) is 2.39. The van der Waals surface area contributed by atoms with Crippen LogP contribution in [0.2, 0.25) is 0 Å². The molecular formula is C18H24N4O. The van der Waals surface area contributed by atoms with E-state index in [0.29, 0.717) is 11.5 Å². The molecule has 0 fully saturated rings. The highest BCUT2D eigenvalue weighted by atomic mass is 16.2. The number of hydrogen-bond acceptors (Lipinski definition) is 4. The van der Waals surface area contributed by atoms with Gasteiger partial charge < -0.3 is 10.2 Å². The van der Waals surface area contributed by atoms with Crippen molar-refractivity contribution in [3.8, 4) is 0 Å². The second kappa shape index (κ2) is 8.27. The lowest BCUT2D eigenvalue weighted by Crippen LogP contribution is -2.33. The van der Waals surface area contributed by atoms with Gasteiger partial charge in [0.25, 0.3) is 5.91 Å². The number of benzene rings is 1. The summed E-state index contributed by atoms with van der Waals surface area (Å²) < 4.78 is 0. The van der Waals surface area contributed by atoms with Gasteiger partial charge in [-0.2, -0.15) is 0 Å². The fraction of sp³-hybridized carbons (Fsp3) is 0.389. The number of rotatable bonds is 7. The van der Waals surface area contributed by atoms with E-state index in [1.165, 1.54) is 5.56 Å². The molecular weight excluding hydrogens is 288 g/mol. The molecule has 5 nitrogen and oxygen atoms in total. The molecule has 0 saturated heterocycles. The van der Waals surface area contributed by atoms with Crippen LogP contribution in [0.3, 0.4) is 0 Å². The van der Waals surface area contributed by atoms with Gasteiger partial charge in [-0.05, 0) is 37.5 Å². The van der Waals surface area contributed by atoms with E-state index in [2.05, 4.69) is 29.1 Å². The minimum atomic E-state index is -0.0525. The summed E-state index contributed by atoms with van der Waals surface area (Å²) in [6.07, 6.45) is 5.02. The van der Waals surface area contributed by atoms with Crippen LogP contribution >= 0.6 is 0 Å². The lowest BCUT2D eigenvalue weighted by atomic mass is 10.2. The molecule has 2 rings (SSSR count). The topological polar surface area (TPSA) is 58.1 Å². The van der Waals surface area contributed by atoms with Gasteiger partial charge in [-0.3, -0.25) is 4.79 Å². The largest absolute Gasteiger partial charge is 0.339 e. The average Bonchev–Trinajstić information content (AvgIpc) is 2.55. The summed E-state index contributed by atoms with van der Waals surface area (Å²) >= 11 is 0. The van der Waals surface area contributed by atoms with Crippen LogP contribution < -0.4 is 5.32 Å². The van der Waals surface area contributed by atoms with Crippen molar-refractivity contribution in [1.82, 2.24) is 14.9 Å². The van der Waals surface area contributed by atoms with Gasteiger partial charge in [-0.15, -0.1) is 0 Å². The third kappa shape index (κ3) is 4.77. The van der Waals surface area contributed by atoms with Crippen LogP contribution in [-0.2, 0) is 0 Å². The van der Waals surface area contributed by atoms with E-state index in [1.807, 2.05) is 36.1 Å². The van der Waals surface area contributed by atoms with Crippen molar-refractivity contribution < 1.29 is 4.79 Å². The molecule has 0 radical (unpaired) electrons. The molecule has 0 spiro atoms. The fourth-order valence-electron chi connectivity index (χ4n) is 2.39. The minimum absolute atomic E-state index is 0.0525. The van der Waals surface area contributed by atoms with Crippen LogP contribution in [0.1, 0.15) is 42.7 Å². The van der Waals surface area contributed by atoms with Crippen molar-refractivity contribution in [1.29, 1.82) is 0 Å². The Labute approximate surface area is 137 Å². The Balaban J connectivity index is 2.07. The van der Waals surface area contributed by atoms with Crippen molar-refractivity contribution >= 4 is 17.4 Å². The molecule has 1 amide bonds. The Hall–Kier alpha value is -2.43. The Bertz CT molecular complexity index is 634. The molecule has 5 heteroatoms. The number of amides is 1. The first-order valence-electron chi connectivity index (χ1n) is 8.09. The summed E-state index contributed by atoms with van der Waals surface area (Å²) in [4.78, 5) is 22.8. The van der Waals surface area contributed by atoms with Gasteiger partial charge in [0.15, 0.2) is 0 Å². The van der Waals surface area contributed by atoms with Crippen molar-refractivity contribution in [3.05, 3.63) is 47.9 Å². The maximum Gasteiger partial charge on any atom is 0.274 e. The van der Waals surface area contributed by atoms with E-state index < -0.39 is 0 Å². The van der Waals surface area contributed by atoms with Crippen molar-refractivity contribution in [2.75, 3.05) is 18.4 Å². The average molecular weight is 312 g/mol. The third-order valence-electron chi connectivity index (χ3n) is 3.44. The normalized spacial score (nSPS) is 10.4. The molecule has 0 aliphatic heterocycles. The van der Waals surface area contributed by atoms with E-state index in [4.69, 9.17) is 0 Å². The van der Waals surface area contributed by atoms with Gasteiger partial charge >= 0.3 is 0 Å². The molecule has 0 aliphatic carbocycles. The first-order valence-corrected chi connectivity index (χ1v) is 8.09. The summed E-state index contributed by atoms with van der Waals surface area (Å²) in [7, 11) is 0. The van der Waals surface area contributed by atoms with Crippen LogP contribution in [0.5, 0.6) is 0 Å². The molecule has 0 aliphatic rings. The Morgan fingerprint density at radius 1 is 1.13 bits per heavy atom. The van der Waals surface area contributed by atoms with Gasteiger partial charge in [0.05, 0.1) is 12.4 Å². The molecule has 23 heavy (non-hydrogen) atoms. The summed E-state index contributed by atoms with van der Waals surface area (Å²) in [5, 5.41) is 3.19. The SMILES string of the molecule is CCCN(CCC)C(=O)c1cnc(Nc2cccc(C)c2)cn1. The number of anilines is 2. The first-order chi connectivity index (χ1) is 11.1. The van der Waals surface area contributed by atoms with E-state index in [1.54, 1.807) is 12.4 Å². The van der Waals surface area contributed by atoms with Crippen molar-refractivity contribution in [3.63, 3.8) is 0 Å². The minimum Gasteiger partial charge on any atom is -0.339 e. The number of carbonyl (C=O) groups is 1.